The maximum atomic E-state index is 12.2. The fourth-order valence-electron chi connectivity index (χ4n) is 3.10. The van der Waals surface area contributed by atoms with Crippen LogP contribution in [0.15, 0.2) is 40.2 Å². The predicted octanol–water partition coefficient (Wildman–Crippen LogP) is 4.22. The Kier molecular flexibility index (Phi) is 7.94. The summed E-state index contributed by atoms with van der Waals surface area (Å²) in [7, 11) is 0. The molecule has 3 N–H and O–H groups in total. The summed E-state index contributed by atoms with van der Waals surface area (Å²) in [4.78, 5) is 40.0. The first kappa shape index (κ1) is 23.8. The van der Waals surface area contributed by atoms with Crippen LogP contribution in [0.25, 0.3) is 5.57 Å². The summed E-state index contributed by atoms with van der Waals surface area (Å²) in [6.07, 6.45) is 4.24. The van der Waals surface area contributed by atoms with Crippen molar-refractivity contribution >= 4 is 63.8 Å². The van der Waals surface area contributed by atoms with E-state index in [9.17, 15) is 24.8 Å². The number of allylic oxidation sites excluding steroid dienone is 4. The minimum Gasteiger partial charge on any atom is -0.478 e. The van der Waals surface area contributed by atoms with Gasteiger partial charge in [0.25, 0.3) is 5.09 Å². The molecule has 0 bridgehead atoms. The first-order chi connectivity index (χ1) is 15.3. The van der Waals surface area contributed by atoms with Crippen LogP contribution in [0.3, 0.4) is 0 Å². The smallest absolute Gasteiger partial charge is 0.339 e. The largest absolute Gasteiger partial charge is 0.478 e. The highest BCUT2D eigenvalue weighted by Gasteiger charge is 2.25. The van der Waals surface area contributed by atoms with Crippen LogP contribution in [0.5, 0.6) is 5.75 Å². The Hall–Kier alpha value is -2.83. The van der Waals surface area contributed by atoms with Gasteiger partial charge in [0.15, 0.2) is 0 Å². The van der Waals surface area contributed by atoms with Gasteiger partial charge in [-0.2, -0.15) is 0 Å². The van der Waals surface area contributed by atoms with Gasteiger partial charge in [-0.1, -0.05) is 24.4 Å². The van der Waals surface area contributed by atoms with E-state index in [1.165, 1.54) is 12.1 Å². The summed E-state index contributed by atoms with van der Waals surface area (Å²) in [5, 5.41) is 21.7. The van der Waals surface area contributed by atoms with E-state index < -0.39 is 17.0 Å². The molecule has 0 atom stereocenters. The highest BCUT2D eigenvalue weighted by atomic mass is 32.2. The molecule has 2 aliphatic rings. The third kappa shape index (κ3) is 5.69. The number of esters is 1. The molecule has 0 radical (unpaired) electrons. The van der Waals surface area contributed by atoms with Crippen LogP contribution in [0.2, 0.25) is 0 Å². The molecular weight excluding hydrogens is 476 g/mol. The average Bonchev–Trinajstić information content (AvgIpc) is 3.26. The second-order valence-corrected chi connectivity index (χ2v) is 9.34. The molecule has 168 valence electrons. The van der Waals surface area contributed by atoms with E-state index in [4.69, 9.17) is 22.7 Å². The van der Waals surface area contributed by atoms with Crippen molar-refractivity contribution in [1.29, 1.82) is 0 Å². The Morgan fingerprint density at radius 1 is 1.34 bits per heavy atom. The molecule has 0 saturated carbocycles. The number of hydrogen-bond acceptors (Lipinski definition) is 10. The molecule has 0 aromatic heterocycles. The number of nitrogen functional groups attached to an aromatic ring is 1. The Bertz CT molecular complexity index is 1080. The lowest BCUT2D eigenvalue weighted by Crippen LogP contribution is -2.14. The van der Waals surface area contributed by atoms with Gasteiger partial charge in [0.2, 0.25) is 0 Å². The summed E-state index contributed by atoms with van der Waals surface area (Å²) in [6.45, 7) is -0.274. The molecule has 0 unspecified atom stereocenters. The third-order valence-corrected chi connectivity index (χ3v) is 7.04. The van der Waals surface area contributed by atoms with E-state index in [0.29, 0.717) is 12.0 Å². The number of aromatic carboxylic acids is 1. The standard InChI is InChI=1S/C20H18N2O7S3/c21-14-7-13(20(24)25)15(29-18(23)5-2-6-28-22(26)27)8-12(14)11-3-1-4-16(30)19(11)17-9-31-10-32-17/h1,3,7-9H,2,4-6,10,21H2,(H,24,25). The topological polar surface area (TPSA) is 142 Å². The molecule has 0 spiro atoms. The number of ether oxygens (including phenoxy) is 1. The maximum absolute atomic E-state index is 12.2. The number of nitrogens with two attached hydrogens (primary N) is 1. The zero-order valence-corrected chi connectivity index (χ0v) is 19.0. The highest BCUT2D eigenvalue weighted by Crippen LogP contribution is 2.44. The first-order valence-electron chi connectivity index (χ1n) is 9.32. The van der Waals surface area contributed by atoms with Crippen molar-refractivity contribution in [2.45, 2.75) is 19.3 Å². The predicted molar refractivity (Wildman–Crippen MR) is 127 cm³/mol. The van der Waals surface area contributed by atoms with Crippen LogP contribution in [0.1, 0.15) is 35.2 Å². The summed E-state index contributed by atoms with van der Waals surface area (Å²) >= 11 is 8.90. The van der Waals surface area contributed by atoms with Gasteiger partial charge in [0.1, 0.15) is 11.3 Å². The summed E-state index contributed by atoms with van der Waals surface area (Å²) in [5.74, 6) is -2.22. The van der Waals surface area contributed by atoms with Crippen molar-refractivity contribution in [2.24, 2.45) is 0 Å². The second-order valence-electron chi connectivity index (χ2n) is 6.60. The number of carboxylic acid groups (broad SMARTS) is 1. The maximum Gasteiger partial charge on any atom is 0.339 e. The Labute approximate surface area is 196 Å². The van der Waals surface area contributed by atoms with Gasteiger partial charge < -0.3 is 20.4 Å². The van der Waals surface area contributed by atoms with Crippen molar-refractivity contribution in [3.63, 3.8) is 0 Å². The summed E-state index contributed by atoms with van der Waals surface area (Å²) in [6, 6.07) is 2.67. The number of thiocarbonyl (C=S) groups is 1. The van der Waals surface area contributed by atoms with Crippen LogP contribution >= 0.6 is 35.7 Å². The monoisotopic (exact) mass is 494 g/mol. The molecule has 3 rings (SSSR count). The van der Waals surface area contributed by atoms with Crippen LogP contribution < -0.4 is 10.5 Å². The van der Waals surface area contributed by atoms with Gasteiger partial charge in [-0.15, -0.1) is 33.6 Å². The average molecular weight is 495 g/mol. The molecule has 1 aliphatic heterocycles. The van der Waals surface area contributed by atoms with Gasteiger partial charge in [-0.05, 0) is 29.5 Å². The lowest BCUT2D eigenvalue weighted by molar-refractivity contribution is -0.757. The zero-order chi connectivity index (χ0) is 23.3. The van der Waals surface area contributed by atoms with E-state index in [1.807, 2.05) is 17.6 Å². The van der Waals surface area contributed by atoms with Crippen molar-refractivity contribution < 1.29 is 29.4 Å². The molecule has 0 amide bonds. The molecule has 1 aromatic rings. The van der Waals surface area contributed by atoms with Gasteiger partial charge in [0, 0.05) is 44.5 Å². The zero-order valence-electron chi connectivity index (χ0n) is 16.6. The van der Waals surface area contributed by atoms with Crippen LogP contribution in [0, 0.1) is 10.1 Å². The number of rotatable bonds is 9. The minimum absolute atomic E-state index is 0.0411. The number of hydrogen-bond donors (Lipinski definition) is 2. The lowest BCUT2D eigenvalue weighted by atomic mass is 9.90. The Morgan fingerprint density at radius 3 is 2.78 bits per heavy atom. The van der Waals surface area contributed by atoms with E-state index in [1.54, 1.807) is 23.5 Å². The van der Waals surface area contributed by atoms with Crippen LogP contribution in [-0.4, -0.2) is 38.7 Å². The Balaban J connectivity index is 1.95. The molecule has 1 aromatic carbocycles. The number of carbonyl (C=O) groups excluding carboxylic acids is 1. The Morgan fingerprint density at radius 2 is 2.12 bits per heavy atom. The third-order valence-electron chi connectivity index (χ3n) is 4.47. The number of carboxylic acids is 1. The van der Waals surface area contributed by atoms with Crippen molar-refractivity contribution in [3.05, 3.63) is 61.4 Å². The van der Waals surface area contributed by atoms with Crippen molar-refractivity contribution in [2.75, 3.05) is 17.4 Å². The van der Waals surface area contributed by atoms with E-state index >= 15 is 0 Å². The number of carbonyl (C=O) groups is 2. The van der Waals surface area contributed by atoms with Gasteiger partial charge in [-0.3, -0.25) is 4.79 Å². The minimum atomic E-state index is -1.31. The van der Waals surface area contributed by atoms with Gasteiger partial charge in [0.05, 0.1) is 6.61 Å². The summed E-state index contributed by atoms with van der Waals surface area (Å²) in [5.41, 5.74) is 8.23. The highest BCUT2D eigenvalue weighted by molar-refractivity contribution is 8.22. The molecule has 1 aliphatic carbocycles. The quantitative estimate of drug-likeness (QED) is 0.0968. The number of anilines is 1. The fourth-order valence-corrected chi connectivity index (χ4v) is 5.65. The molecule has 0 saturated heterocycles. The second kappa shape index (κ2) is 10.7. The molecule has 32 heavy (non-hydrogen) atoms. The van der Waals surface area contributed by atoms with E-state index in [-0.39, 0.29) is 36.4 Å². The van der Waals surface area contributed by atoms with Gasteiger partial charge in [-0.25, -0.2) is 4.79 Å². The normalized spacial score (nSPS) is 15.5. The van der Waals surface area contributed by atoms with E-state index in [2.05, 4.69) is 4.84 Å². The van der Waals surface area contributed by atoms with E-state index in [0.717, 1.165) is 26.0 Å². The number of thioether (sulfide) groups is 2. The van der Waals surface area contributed by atoms with Crippen molar-refractivity contribution in [1.82, 2.24) is 0 Å². The number of benzene rings is 1. The molecule has 9 nitrogen and oxygen atoms in total. The lowest BCUT2D eigenvalue weighted by Gasteiger charge is -2.20. The van der Waals surface area contributed by atoms with Crippen molar-refractivity contribution in [3.8, 4) is 5.75 Å². The molecule has 1 heterocycles. The van der Waals surface area contributed by atoms with Crippen LogP contribution in [0.4, 0.5) is 5.69 Å². The number of nitrogens with zero attached hydrogens (tertiary/aromatic N) is 1. The fraction of sp³-hybridized carbons (Fsp3) is 0.250. The summed E-state index contributed by atoms with van der Waals surface area (Å²) < 4.78 is 5.28. The molecule has 12 heteroatoms. The SMILES string of the molecule is Nc1cc(C(=O)O)c(OC(=O)CCCO[N+](=O)[O-])cc1C1=C(C2=CSCS2)C(=S)CC=C1. The van der Waals surface area contributed by atoms with Crippen LogP contribution in [-0.2, 0) is 9.63 Å². The van der Waals surface area contributed by atoms with Gasteiger partial charge >= 0.3 is 11.9 Å². The molecule has 0 fully saturated rings. The first-order valence-corrected chi connectivity index (χ1v) is 11.8. The molecular formula is C20H18N2O7S3.